The Morgan fingerprint density at radius 1 is 1.24 bits per heavy atom. The van der Waals surface area contributed by atoms with Crippen LogP contribution in [0.15, 0.2) is 23.8 Å². The Morgan fingerprint density at radius 3 is 2.52 bits per heavy atom. The van der Waals surface area contributed by atoms with Crippen LogP contribution in [0, 0.1) is 34.5 Å². The van der Waals surface area contributed by atoms with Gasteiger partial charge in [-0.2, -0.15) is 0 Å². The van der Waals surface area contributed by atoms with Crippen molar-refractivity contribution in [1.82, 2.24) is 0 Å². The van der Waals surface area contributed by atoms with E-state index in [4.69, 9.17) is 0 Å². The molecule has 3 saturated carbocycles. The van der Waals surface area contributed by atoms with Crippen molar-refractivity contribution in [1.29, 1.82) is 0 Å². The molecule has 0 aromatic rings. The third kappa shape index (κ3) is 2.20. The van der Waals surface area contributed by atoms with Gasteiger partial charge in [0.05, 0.1) is 6.10 Å². The second kappa shape index (κ2) is 6.08. The van der Waals surface area contributed by atoms with Crippen LogP contribution in [0.5, 0.6) is 0 Å². The minimum Gasteiger partial charge on any atom is -0.390 e. The summed E-state index contributed by atoms with van der Waals surface area (Å²) in [5.74, 6) is -2.23. The highest BCUT2D eigenvalue weighted by molar-refractivity contribution is 6.01. The smallest absolute Gasteiger partial charge is 0.190 e. The Labute approximate surface area is 170 Å². The average Bonchev–Trinajstić information content (AvgIpc) is 2.86. The number of alkyl halides is 1. The van der Waals surface area contributed by atoms with Crippen molar-refractivity contribution in [2.75, 3.05) is 6.61 Å². The molecule has 0 aromatic carbocycles. The molecule has 160 valence electrons. The largest absolute Gasteiger partial charge is 0.390 e. The van der Waals surface area contributed by atoms with Crippen LogP contribution in [0.1, 0.15) is 47.0 Å². The fourth-order valence-electron chi connectivity index (χ4n) is 7.65. The van der Waals surface area contributed by atoms with Gasteiger partial charge in [0.2, 0.25) is 0 Å². The van der Waals surface area contributed by atoms with Crippen LogP contribution in [0.25, 0.3) is 0 Å². The number of allylic oxidation sites excluding steroid dienone is 4. The summed E-state index contributed by atoms with van der Waals surface area (Å²) in [5, 5.41) is 32.2. The fourth-order valence-corrected chi connectivity index (χ4v) is 7.65. The molecular weight excluding hydrogens is 375 g/mol. The van der Waals surface area contributed by atoms with Crippen molar-refractivity contribution in [2.45, 2.75) is 64.3 Å². The average molecular weight is 406 g/mol. The first kappa shape index (κ1) is 20.9. The Hall–Kier alpha value is -1.37. The number of carbonyl (C=O) groups is 2. The third-order valence-electron chi connectivity index (χ3n) is 9.12. The van der Waals surface area contributed by atoms with Crippen LogP contribution in [-0.4, -0.2) is 50.9 Å². The standard InChI is InChI=1S/C23H31FO5/c1-12-7-17-16-8-13(2)23(29,19(28)11-25)21(16,4)10-18(27)22(17,24)20(3)6-5-14(26)9-15(12)20/h5-6,9,12-13,16-18,25,27,29H,7-8,10-11H2,1-4H3/t12?,13?,16-,17-,18-,20-,21-,22-,23-/m0/s1. The van der Waals surface area contributed by atoms with Crippen molar-refractivity contribution in [3.63, 3.8) is 0 Å². The normalized spacial score (nSPS) is 53.7. The maximum absolute atomic E-state index is 17.0. The lowest BCUT2D eigenvalue weighted by molar-refractivity contribution is -0.223. The molecule has 0 saturated heterocycles. The van der Waals surface area contributed by atoms with E-state index in [-0.39, 0.29) is 24.0 Å². The number of fused-ring (bicyclic) bond motifs is 5. The molecule has 3 N–H and O–H groups in total. The van der Waals surface area contributed by atoms with Gasteiger partial charge in [-0.05, 0) is 56.1 Å². The van der Waals surface area contributed by atoms with Crippen molar-refractivity contribution in [2.24, 2.45) is 34.5 Å². The topological polar surface area (TPSA) is 94.8 Å². The molecule has 2 unspecified atom stereocenters. The van der Waals surface area contributed by atoms with E-state index in [0.29, 0.717) is 18.4 Å². The monoisotopic (exact) mass is 406 g/mol. The van der Waals surface area contributed by atoms with Gasteiger partial charge in [0.1, 0.15) is 12.2 Å². The fraction of sp³-hybridized carbons (Fsp3) is 0.739. The minimum atomic E-state index is -2.00. The summed E-state index contributed by atoms with van der Waals surface area (Å²) in [6.45, 7) is 6.46. The van der Waals surface area contributed by atoms with Crippen LogP contribution < -0.4 is 0 Å². The lowest BCUT2D eigenvalue weighted by Crippen LogP contribution is -2.70. The number of hydrogen-bond acceptors (Lipinski definition) is 5. The maximum Gasteiger partial charge on any atom is 0.190 e. The summed E-state index contributed by atoms with van der Waals surface area (Å²) in [5.41, 5.74) is -5.24. The zero-order chi connectivity index (χ0) is 21.6. The highest BCUT2D eigenvalue weighted by Crippen LogP contribution is 2.71. The first-order valence-electron chi connectivity index (χ1n) is 10.6. The molecule has 9 atom stereocenters. The number of hydrogen-bond donors (Lipinski definition) is 3. The summed E-state index contributed by atoms with van der Waals surface area (Å²) in [4.78, 5) is 24.6. The molecule has 6 heteroatoms. The van der Waals surface area contributed by atoms with Gasteiger partial charge in [-0.25, -0.2) is 4.39 Å². The van der Waals surface area contributed by atoms with Gasteiger partial charge in [-0.15, -0.1) is 0 Å². The zero-order valence-electron chi connectivity index (χ0n) is 17.5. The van der Waals surface area contributed by atoms with Crippen LogP contribution in [-0.2, 0) is 9.59 Å². The second-order valence-electron chi connectivity index (χ2n) is 10.3. The molecule has 5 nitrogen and oxygen atoms in total. The first-order valence-corrected chi connectivity index (χ1v) is 10.6. The third-order valence-corrected chi connectivity index (χ3v) is 9.12. The zero-order valence-corrected chi connectivity index (χ0v) is 17.5. The molecule has 4 aliphatic rings. The number of halogens is 1. The molecule has 0 amide bonds. The number of rotatable bonds is 2. The lowest BCUT2D eigenvalue weighted by Gasteiger charge is -2.63. The van der Waals surface area contributed by atoms with Gasteiger partial charge in [0.15, 0.2) is 17.2 Å². The Morgan fingerprint density at radius 2 is 1.90 bits per heavy atom. The minimum absolute atomic E-state index is 0.0603. The van der Waals surface area contributed by atoms with Crippen LogP contribution >= 0.6 is 0 Å². The van der Waals surface area contributed by atoms with E-state index in [1.807, 2.05) is 6.92 Å². The molecule has 0 heterocycles. The quantitative estimate of drug-likeness (QED) is 0.653. The summed E-state index contributed by atoms with van der Waals surface area (Å²) in [6.07, 6.45) is 3.89. The van der Waals surface area contributed by atoms with E-state index in [0.717, 1.165) is 0 Å². The van der Waals surface area contributed by atoms with E-state index in [9.17, 15) is 24.9 Å². The first-order chi connectivity index (χ1) is 13.4. The number of aliphatic hydroxyl groups excluding tert-OH is 2. The van der Waals surface area contributed by atoms with Gasteiger partial charge in [-0.3, -0.25) is 9.59 Å². The number of carbonyl (C=O) groups excluding carboxylic acids is 2. The van der Waals surface area contributed by atoms with Gasteiger partial charge >= 0.3 is 0 Å². The van der Waals surface area contributed by atoms with E-state index >= 15 is 4.39 Å². The van der Waals surface area contributed by atoms with Gasteiger partial charge < -0.3 is 15.3 Å². The predicted molar refractivity (Wildman–Crippen MR) is 104 cm³/mol. The van der Waals surface area contributed by atoms with E-state index in [2.05, 4.69) is 0 Å². The van der Waals surface area contributed by atoms with Gasteiger partial charge in [-0.1, -0.05) is 32.4 Å². The summed E-state index contributed by atoms with van der Waals surface area (Å²) in [7, 11) is 0. The second-order valence-corrected chi connectivity index (χ2v) is 10.3. The van der Waals surface area contributed by atoms with Gasteiger partial charge in [0, 0.05) is 16.7 Å². The Balaban J connectivity index is 1.87. The predicted octanol–water partition coefficient (Wildman–Crippen LogP) is 2.14. The molecular formula is C23H31FO5. The van der Waals surface area contributed by atoms with Gasteiger partial charge in [0.25, 0.3) is 0 Å². The molecule has 4 aliphatic carbocycles. The highest BCUT2D eigenvalue weighted by Gasteiger charge is 2.76. The van der Waals surface area contributed by atoms with E-state index in [1.54, 1.807) is 26.8 Å². The van der Waals surface area contributed by atoms with Crippen LogP contribution in [0.4, 0.5) is 4.39 Å². The molecule has 0 spiro atoms. The van der Waals surface area contributed by atoms with Crippen LogP contribution in [0.2, 0.25) is 0 Å². The molecule has 0 aliphatic heterocycles. The number of ketones is 2. The van der Waals surface area contributed by atoms with E-state index < -0.39 is 52.4 Å². The summed E-state index contributed by atoms with van der Waals surface area (Å²) in [6, 6.07) is 0. The highest BCUT2D eigenvalue weighted by atomic mass is 19.1. The SMILES string of the molecule is CC1C[C@H]2[C@@H]3CC(C)[C@](O)(C(=O)CO)[C@@]3(C)C[C@H](O)[C@]2(F)[C@@]2(C)C=CC(=O)C=C12. The Bertz CT molecular complexity index is 835. The molecule has 0 radical (unpaired) electrons. The van der Waals surface area contributed by atoms with Crippen molar-refractivity contribution in [3.8, 4) is 0 Å². The maximum atomic E-state index is 17.0. The van der Waals surface area contributed by atoms with Crippen molar-refractivity contribution in [3.05, 3.63) is 23.8 Å². The summed E-state index contributed by atoms with van der Waals surface area (Å²) >= 11 is 0. The molecule has 0 aromatic heterocycles. The lowest BCUT2D eigenvalue weighted by atomic mass is 9.43. The van der Waals surface area contributed by atoms with Crippen molar-refractivity contribution >= 4 is 11.6 Å². The molecule has 4 rings (SSSR count). The summed E-state index contributed by atoms with van der Waals surface area (Å²) < 4.78 is 17.0. The number of aliphatic hydroxyl groups is 3. The molecule has 3 fully saturated rings. The number of Topliss-reactive ketones (excluding diaryl/α,β-unsaturated/α-hetero) is 1. The van der Waals surface area contributed by atoms with Crippen LogP contribution in [0.3, 0.4) is 0 Å². The Kier molecular flexibility index (Phi) is 4.38. The molecule has 0 bridgehead atoms. The molecule has 29 heavy (non-hydrogen) atoms. The van der Waals surface area contributed by atoms with Crippen molar-refractivity contribution < 1.29 is 29.3 Å². The van der Waals surface area contributed by atoms with E-state index in [1.165, 1.54) is 12.2 Å².